The van der Waals surface area contributed by atoms with Crippen LogP contribution in [0, 0.1) is 11.6 Å². The van der Waals surface area contributed by atoms with Gasteiger partial charge < -0.3 is 5.32 Å². The van der Waals surface area contributed by atoms with Crippen LogP contribution in [0.3, 0.4) is 0 Å². The van der Waals surface area contributed by atoms with Crippen molar-refractivity contribution in [3.8, 4) is 0 Å². The summed E-state index contributed by atoms with van der Waals surface area (Å²) in [6.07, 6.45) is 0.737. The molecule has 1 nitrogen and oxygen atoms in total. The number of halogens is 3. The maximum atomic E-state index is 13.7. The second-order valence-electron chi connectivity index (χ2n) is 5.26. The maximum Gasteiger partial charge on any atom is 0.130 e. The summed E-state index contributed by atoms with van der Waals surface area (Å²) in [6.45, 7) is 3.74. The summed E-state index contributed by atoms with van der Waals surface area (Å²) in [7, 11) is 0. The zero-order chi connectivity index (χ0) is 15.4. The first kappa shape index (κ1) is 15.9. The molecule has 0 spiro atoms. The van der Waals surface area contributed by atoms with Crippen molar-refractivity contribution < 1.29 is 8.78 Å². The Balaban J connectivity index is 2.04. The minimum absolute atomic E-state index is 0.0671. The van der Waals surface area contributed by atoms with Crippen molar-refractivity contribution in [3.05, 3.63) is 70.2 Å². The minimum atomic E-state index is -0.523. The Morgan fingerprint density at radius 1 is 1.05 bits per heavy atom. The van der Waals surface area contributed by atoms with E-state index in [4.69, 9.17) is 11.6 Å². The molecule has 1 N–H and O–H groups in total. The Bertz CT molecular complexity index is 595. The fraction of sp³-hybridized carbons (Fsp3) is 0.294. The summed E-state index contributed by atoms with van der Waals surface area (Å²) >= 11 is 5.95. The van der Waals surface area contributed by atoms with Crippen LogP contribution in [-0.4, -0.2) is 6.04 Å². The molecule has 112 valence electrons. The summed E-state index contributed by atoms with van der Waals surface area (Å²) < 4.78 is 27.5. The maximum absolute atomic E-state index is 13.7. The molecule has 2 rings (SSSR count). The van der Waals surface area contributed by atoms with E-state index in [-0.39, 0.29) is 11.6 Å². The average molecular weight is 310 g/mol. The summed E-state index contributed by atoms with van der Waals surface area (Å²) in [5.41, 5.74) is 1.17. The molecule has 0 aliphatic rings. The standard InChI is InChI=1S/C17H18ClF2N/c1-11(9-13-5-3-6-14(18)10-13)21-12(2)17-15(19)7-4-8-16(17)20/h3-8,10-12,21H,9H2,1-2H3. The van der Waals surface area contributed by atoms with Crippen LogP contribution in [0.5, 0.6) is 0 Å². The zero-order valence-electron chi connectivity index (χ0n) is 12.0. The highest BCUT2D eigenvalue weighted by Crippen LogP contribution is 2.21. The third-order valence-electron chi connectivity index (χ3n) is 3.40. The smallest absolute Gasteiger partial charge is 0.130 e. The van der Waals surface area contributed by atoms with Crippen molar-refractivity contribution in [1.82, 2.24) is 5.32 Å². The van der Waals surface area contributed by atoms with Crippen LogP contribution < -0.4 is 5.32 Å². The van der Waals surface area contributed by atoms with Crippen molar-refractivity contribution in [3.63, 3.8) is 0 Å². The Morgan fingerprint density at radius 3 is 2.29 bits per heavy atom. The Labute approximate surface area is 128 Å². The largest absolute Gasteiger partial charge is 0.307 e. The lowest BCUT2D eigenvalue weighted by molar-refractivity contribution is 0.440. The second kappa shape index (κ2) is 7.01. The Morgan fingerprint density at radius 2 is 1.67 bits per heavy atom. The second-order valence-corrected chi connectivity index (χ2v) is 5.70. The van der Waals surface area contributed by atoms with Gasteiger partial charge in [-0.05, 0) is 50.1 Å². The fourth-order valence-electron chi connectivity index (χ4n) is 2.51. The van der Waals surface area contributed by atoms with Gasteiger partial charge in [-0.25, -0.2) is 8.78 Å². The predicted molar refractivity (Wildman–Crippen MR) is 82.5 cm³/mol. The average Bonchev–Trinajstić information content (AvgIpc) is 2.38. The van der Waals surface area contributed by atoms with Gasteiger partial charge in [-0.2, -0.15) is 0 Å². The van der Waals surface area contributed by atoms with Gasteiger partial charge in [0.2, 0.25) is 0 Å². The molecule has 0 aromatic heterocycles. The molecule has 21 heavy (non-hydrogen) atoms. The molecule has 0 amide bonds. The van der Waals surface area contributed by atoms with Crippen LogP contribution in [0.25, 0.3) is 0 Å². The van der Waals surface area contributed by atoms with E-state index in [0.717, 1.165) is 12.0 Å². The van der Waals surface area contributed by atoms with Gasteiger partial charge in [-0.15, -0.1) is 0 Å². The molecule has 0 fully saturated rings. The summed E-state index contributed by atoms with van der Waals surface area (Å²) in [5.74, 6) is -1.05. The van der Waals surface area contributed by atoms with E-state index in [2.05, 4.69) is 5.32 Å². The van der Waals surface area contributed by atoms with Crippen LogP contribution in [0.4, 0.5) is 8.78 Å². The molecular formula is C17H18ClF2N. The highest BCUT2D eigenvalue weighted by molar-refractivity contribution is 6.30. The molecular weight excluding hydrogens is 292 g/mol. The van der Waals surface area contributed by atoms with Gasteiger partial charge in [0.25, 0.3) is 0 Å². The summed E-state index contributed by atoms with van der Waals surface area (Å²) in [4.78, 5) is 0. The van der Waals surface area contributed by atoms with Gasteiger partial charge in [0, 0.05) is 22.7 Å². The molecule has 2 atom stereocenters. The van der Waals surface area contributed by atoms with Gasteiger partial charge in [0.1, 0.15) is 11.6 Å². The number of benzene rings is 2. The van der Waals surface area contributed by atoms with Crippen LogP contribution in [0.2, 0.25) is 5.02 Å². The predicted octanol–water partition coefficient (Wildman–Crippen LogP) is 4.90. The van der Waals surface area contributed by atoms with E-state index in [9.17, 15) is 8.78 Å². The molecule has 0 radical (unpaired) electrons. The number of hydrogen-bond donors (Lipinski definition) is 1. The van der Waals surface area contributed by atoms with Crippen molar-refractivity contribution in [2.45, 2.75) is 32.4 Å². The molecule has 0 saturated carbocycles. The first-order chi connectivity index (χ1) is 9.97. The molecule has 2 aromatic rings. The number of hydrogen-bond acceptors (Lipinski definition) is 1. The molecule has 0 aliphatic heterocycles. The van der Waals surface area contributed by atoms with E-state index < -0.39 is 17.7 Å². The number of nitrogens with one attached hydrogen (secondary N) is 1. The molecule has 2 aromatic carbocycles. The van der Waals surface area contributed by atoms with Crippen LogP contribution >= 0.6 is 11.6 Å². The van der Waals surface area contributed by atoms with Crippen molar-refractivity contribution in [2.75, 3.05) is 0 Å². The fourth-order valence-corrected chi connectivity index (χ4v) is 2.72. The third kappa shape index (κ3) is 4.26. The van der Waals surface area contributed by atoms with Crippen LogP contribution in [-0.2, 0) is 6.42 Å². The SMILES string of the molecule is CC(Cc1cccc(Cl)c1)NC(C)c1c(F)cccc1F. The monoisotopic (exact) mass is 309 g/mol. The lowest BCUT2D eigenvalue weighted by Crippen LogP contribution is -2.31. The molecule has 0 bridgehead atoms. The van der Waals surface area contributed by atoms with Crippen molar-refractivity contribution in [1.29, 1.82) is 0 Å². The summed E-state index contributed by atoms with van der Waals surface area (Å²) in [6, 6.07) is 11.2. The van der Waals surface area contributed by atoms with Gasteiger partial charge in [0.15, 0.2) is 0 Å². The molecule has 2 unspecified atom stereocenters. The Hall–Kier alpha value is -1.45. The van der Waals surface area contributed by atoms with E-state index in [1.165, 1.54) is 18.2 Å². The third-order valence-corrected chi connectivity index (χ3v) is 3.63. The van der Waals surface area contributed by atoms with Gasteiger partial charge in [-0.1, -0.05) is 29.8 Å². The van der Waals surface area contributed by atoms with Gasteiger partial charge >= 0.3 is 0 Å². The zero-order valence-corrected chi connectivity index (χ0v) is 12.8. The van der Waals surface area contributed by atoms with E-state index >= 15 is 0 Å². The highest BCUT2D eigenvalue weighted by atomic mass is 35.5. The minimum Gasteiger partial charge on any atom is -0.307 e. The number of rotatable bonds is 5. The Kier molecular flexibility index (Phi) is 5.32. The topological polar surface area (TPSA) is 12.0 Å². The van der Waals surface area contributed by atoms with E-state index in [1.54, 1.807) is 6.92 Å². The first-order valence-electron chi connectivity index (χ1n) is 6.91. The highest BCUT2D eigenvalue weighted by Gasteiger charge is 2.17. The normalized spacial score (nSPS) is 14.0. The summed E-state index contributed by atoms with van der Waals surface area (Å²) in [5, 5.41) is 3.91. The molecule has 0 aliphatic carbocycles. The van der Waals surface area contributed by atoms with Crippen LogP contribution in [0.15, 0.2) is 42.5 Å². The van der Waals surface area contributed by atoms with Crippen LogP contribution in [0.1, 0.15) is 31.0 Å². The van der Waals surface area contributed by atoms with Crippen molar-refractivity contribution in [2.24, 2.45) is 0 Å². The quantitative estimate of drug-likeness (QED) is 0.828. The lowest BCUT2D eigenvalue weighted by atomic mass is 10.0. The van der Waals surface area contributed by atoms with E-state index in [0.29, 0.717) is 5.02 Å². The molecule has 0 heterocycles. The van der Waals surface area contributed by atoms with Gasteiger partial charge in [0.05, 0.1) is 0 Å². The first-order valence-corrected chi connectivity index (χ1v) is 7.29. The molecule has 0 saturated heterocycles. The van der Waals surface area contributed by atoms with Gasteiger partial charge in [-0.3, -0.25) is 0 Å². The lowest BCUT2D eigenvalue weighted by Gasteiger charge is -2.21. The van der Waals surface area contributed by atoms with E-state index in [1.807, 2.05) is 31.2 Å². The molecule has 4 heteroatoms. The van der Waals surface area contributed by atoms with Crippen molar-refractivity contribution >= 4 is 11.6 Å².